The monoisotopic (exact) mass is 422 g/mol. The highest BCUT2D eigenvalue weighted by Crippen LogP contribution is 2.34. The van der Waals surface area contributed by atoms with Gasteiger partial charge in [0.25, 0.3) is 11.8 Å². The van der Waals surface area contributed by atoms with Crippen molar-refractivity contribution >= 4 is 33.2 Å². The number of nitrogens with zero attached hydrogens (tertiary/aromatic N) is 1. The average molecular weight is 423 g/mol. The van der Waals surface area contributed by atoms with Crippen molar-refractivity contribution in [3.63, 3.8) is 0 Å². The second-order valence-electron chi connectivity index (χ2n) is 7.60. The van der Waals surface area contributed by atoms with E-state index < -0.39 is 0 Å². The molecule has 1 aliphatic heterocycles. The summed E-state index contributed by atoms with van der Waals surface area (Å²) in [5, 5.41) is 12.9. The van der Waals surface area contributed by atoms with E-state index in [1.54, 1.807) is 0 Å². The lowest BCUT2D eigenvalue weighted by Crippen LogP contribution is -2.45. The van der Waals surface area contributed by atoms with Gasteiger partial charge in [-0.15, -0.1) is 11.3 Å². The van der Waals surface area contributed by atoms with Crippen LogP contribution in [0, 0.1) is 0 Å². The lowest BCUT2D eigenvalue weighted by molar-refractivity contribution is 0.0614. The van der Waals surface area contributed by atoms with Crippen molar-refractivity contribution < 1.29 is 14.7 Å². The number of benzene rings is 2. The third-order valence-corrected chi connectivity index (χ3v) is 6.86. The van der Waals surface area contributed by atoms with Crippen LogP contribution in [-0.2, 0) is 6.42 Å². The summed E-state index contributed by atoms with van der Waals surface area (Å²) in [7, 11) is 0. The van der Waals surface area contributed by atoms with Gasteiger partial charge in [-0.2, -0.15) is 0 Å². The third kappa shape index (κ3) is 4.25. The molecule has 156 valence electrons. The Kier molecular flexibility index (Phi) is 6.45. The van der Waals surface area contributed by atoms with Crippen molar-refractivity contribution in [3.05, 3.63) is 70.6 Å². The van der Waals surface area contributed by atoms with Crippen molar-refractivity contribution in [2.75, 3.05) is 19.7 Å². The number of hydrogen-bond donors (Lipinski definition) is 2. The molecule has 0 spiro atoms. The fourth-order valence-electron chi connectivity index (χ4n) is 4.20. The Bertz CT molecular complexity index is 1030. The van der Waals surface area contributed by atoms with Crippen molar-refractivity contribution in [1.29, 1.82) is 0 Å². The summed E-state index contributed by atoms with van der Waals surface area (Å²) in [5.74, 6) is -0.0943. The number of likely N-dealkylation sites (tertiary alicyclic amines) is 1. The Balaban J connectivity index is 1.66. The molecule has 1 atom stereocenters. The molecule has 5 nitrogen and oxygen atoms in total. The van der Waals surface area contributed by atoms with Crippen LogP contribution in [0.2, 0.25) is 0 Å². The number of thiophene rings is 1. The summed E-state index contributed by atoms with van der Waals surface area (Å²) in [5.41, 5.74) is 1.71. The molecule has 2 amide bonds. The number of rotatable bonds is 6. The summed E-state index contributed by atoms with van der Waals surface area (Å²) in [6.45, 7) is 0.884. The fraction of sp³-hybridized carbons (Fsp3) is 0.333. The molecule has 0 radical (unpaired) electrons. The maximum absolute atomic E-state index is 13.2. The Morgan fingerprint density at radius 2 is 1.83 bits per heavy atom. The van der Waals surface area contributed by atoms with Crippen LogP contribution >= 0.6 is 11.3 Å². The minimum Gasteiger partial charge on any atom is -0.395 e. The average Bonchev–Trinajstić information content (AvgIpc) is 3.16. The molecule has 4 rings (SSSR count). The van der Waals surface area contributed by atoms with Crippen LogP contribution in [0.4, 0.5) is 0 Å². The van der Waals surface area contributed by atoms with E-state index >= 15 is 0 Å². The predicted molar refractivity (Wildman–Crippen MR) is 120 cm³/mol. The first-order chi connectivity index (χ1) is 14.7. The van der Waals surface area contributed by atoms with Crippen LogP contribution in [0.1, 0.15) is 44.9 Å². The van der Waals surface area contributed by atoms with E-state index in [9.17, 15) is 9.59 Å². The molecular formula is C24H26N2O3S. The zero-order valence-corrected chi connectivity index (χ0v) is 17.7. The van der Waals surface area contributed by atoms with Gasteiger partial charge in [-0.25, -0.2) is 0 Å². The molecule has 2 N–H and O–H groups in total. The molecule has 2 aromatic carbocycles. The number of piperidine rings is 1. The van der Waals surface area contributed by atoms with Gasteiger partial charge in [0.15, 0.2) is 0 Å². The van der Waals surface area contributed by atoms with Crippen LogP contribution in [0.25, 0.3) is 10.1 Å². The first kappa shape index (κ1) is 20.6. The van der Waals surface area contributed by atoms with Crippen molar-refractivity contribution in [2.45, 2.75) is 31.7 Å². The van der Waals surface area contributed by atoms with E-state index in [0.29, 0.717) is 16.9 Å². The van der Waals surface area contributed by atoms with Gasteiger partial charge in [-0.05, 0) is 54.8 Å². The van der Waals surface area contributed by atoms with E-state index in [0.717, 1.165) is 41.5 Å². The normalized spacial score (nSPS) is 16.6. The minimum absolute atomic E-state index is 0.0612. The summed E-state index contributed by atoms with van der Waals surface area (Å²) < 4.78 is 1.07. The second kappa shape index (κ2) is 9.41. The number of amides is 2. The maximum atomic E-state index is 13.2. The lowest BCUT2D eigenvalue weighted by atomic mass is 9.93. The number of fused-ring (bicyclic) bond motifs is 1. The van der Waals surface area contributed by atoms with Crippen LogP contribution in [0.3, 0.4) is 0 Å². The van der Waals surface area contributed by atoms with Gasteiger partial charge < -0.3 is 15.3 Å². The topological polar surface area (TPSA) is 69.6 Å². The molecule has 0 saturated carbocycles. The molecule has 3 aromatic rings. The van der Waals surface area contributed by atoms with Crippen LogP contribution < -0.4 is 5.32 Å². The maximum Gasteiger partial charge on any atom is 0.261 e. The Morgan fingerprint density at radius 1 is 1.07 bits per heavy atom. The summed E-state index contributed by atoms with van der Waals surface area (Å²) in [6.07, 6.45) is 3.67. The first-order valence-electron chi connectivity index (χ1n) is 10.4. The highest BCUT2D eigenvalue weighted by molar-refractivity contribution is 7.21. The minimum atomic E-state index is -0.156. The van der Waals surface area contributed by atoms with Crippen LogP contribution in [-0.4, -0.2) is 47.6 Å². The van der Waals surface area contributed by atoms with E-state index in [1.165, 1.54) is 11.3 Å². The zero-order chi connectivity index (χ0) is 20.9. The molecule has 1 fully saturated rings. The highest BCUT2D eigenvalue weighted by atomic mass is 32.1. The molecule has 1 aromatic heterocycles. The van der Waals surface area contributed by atoms with Crippen molar-refractivity contribution in [1.82, 2.24) is 10.2 Å². The number of aliphatic hydroxyl groups excluding tert-OH is 1. The van der Waals surface area contributed by atoms with E-state index in [1.807, 2.05) is 53.4 Å². The van der Waals surface area contributed by atoms with Gasteiger partial charge in [-0.1, -0.05) is 36.4 Å². The molecule has 6 heteroatoms. The van der Waals surface area contributed by atoms with Crippen LogP contribution in [0.5, 0.6) is 0 Å². The van der Waals surface area contributed by atoms with Gasteiger partial charge in [0.05, 0.1) is 11.5 Å². The molecule has 30 heavy (non-hydrogen) atoms. The highest BCUT2D eigenvalue weighted by Gasteiger charge is 2.30. The number of aliphatic hydroxyl groups is 1. The molecular weight excluding hydrogens is 396 g/mol. The quantitative estimate of drug-likeness (QED) is 0.634. The van der Waals surface area contributed by atoms with Crippen LogP contribution in [0.15, 0.2) is 54.6 Å². The Hall–Kier alpha value is -2.70. The molecule has 1 saturated heterocycles. The van der Waals surface area contributed by atoms with Gasteiger partial charge in [-0.3, -0.25) is 9.59 Å². The van der Waals surface area contributed by atoms with E-state index in [2.05, 4.69) is 11.4 Å². The summed E-state index contributed by atoms with van der Waals surface area (Å²) >= 11 is 1.48. The SMILES string of the molecule is O=C(NCCO)c1sc2ccccc2c1C[C@@H]1CCCCN1C(=O)c1ccccc1. The van der Waals surface area contributed by atoms with Gasteiger partial charge >= 0.3 is 0 Å². The van der Waals surface area contributed by atoms with Gasteiger partial charge in [0.2, 0.25) is 0 Å². The predicted octanol–water partition coefficient (Wildman–Crippen LogP) is 3.86. The summed E-state index contributed by atoms with van der Waals surface area (Å²) in [6, 6.07) is 17.5. The molecule has 0 aliphatic carbocycles. The lowest BCUT2D eigenvalue weighted by Gasteiger charge is -2.36. The number of carbonyl (C=O) groups is 2. The molecule has 0 unspecified atom stereocenters. The molecule has 1 aliphatic rings. The fourth-order valence-corrected chi connectivity index (χ4v) is 5.35. The Labute approximate surface area is 180 Å². The molecule has 2 heterocycles. The van der Waals surface area contributed by atoms with Crippen molar-refractivity contribution in [2.24, 2.45) is 0 Å². The van der Waals surface area contributed by atoms with E-state index in [4.69, 9.17) is 5.11 Å². The number of nitrogens with one attached hydrogen (secondary N) is 1. The second-order valence-corrected chi connectivity index (χ2v) is 8.66. The Morgan fingerprint density at radius 3 is 2.63 bits per heavy atom. The van der Waals surface area contributed by atoms with Gasteiger partial charge in [0, 0.05) is 29.4 Å². The number of carbonyl (C=O) groups excluding carboxylic acids is 2. The standard InChI is InChI=1S/C24H26N2O3S/c27-15-13-25-23(28)22-20(19-11-4-5-12-21(19)30-22)16-18-10-6-7-14-26(18)24(29)17-8-2-1-3-9-17/h1-5,8-9,11-12,18,27H,6-7,10,13-16H2,(H,25,28)/t18-/m0/s1. The largest absolute Gasteiger partial charge is 0.395 e. The first-order valence-corrected chi connectivity index (χ1v) is 11.3. The zero-order valence-electron chi connectivity index (χ0n) is 16.8. The molecule has 0 bridgehead atoms. The summed E-state index contributed by atoms with van der Waals surface area (Å²) in [4.78, 5) is 28.6. The third-order valence-electron chi connectivity index (χ3n) is 5.65. The number of hydrogen-bond acceptors (Lipinski definition) is 4. The smallest absolute Gasteiger partial charge is 0.261 e. The van der Waals surface area contributed by atoms with Gasteiger partial charge in [0.1, 0.15) is 0 Å². The van der Waals surface area contributed by atoms with Crippen molar-refractivity contribution in [3.8, 4) is 0 Å². The van der Waals surface area contributed by atoms with E-state index in [-0.39, 0.29) is 31.0 Å².